The van der Waals surface area contributed by atoms with E-state index in [0.29, 0.717) is 6.04 Å². The summed E-state index contributed by atoms with van der Waals surface area (Å²) in [6.07, 6.45) is 4.84. The molecule has 1 N–H and O–H groups in total. The van der Waals surface area contributed by atoms with Crippen molar-refractivity contribution in [2.75, 3.05) is 13.1 Å². The van der Waals surface area contributed by atoms with E-state index in [-0.39, 0.29) is 0 Å². The Morgan fingerprint density at radius 1 is 1.29 bits per heavy atom. The Morgan fingerprint density at radius 2 is 2.12 bits per heavy atom. The second kappa shape index (κ2) is 6.87. The zero-order chi connectivity index (χ0) is 16.5. The maximum Gasteiger partial charge on any atom is 0.0835 e. The molecule has 2 heterocycles. The fourth-order valence-electron chi connectivity index (χ4n) is 3.54. The molecule has 0 spiro atoms. The van der Waals surface area contributed by atoms with Crippen molar-refractivity contribution in [2.45, 2.75) is 51.7 Å². The van der Waals surface area contributed by atoms with Crippen molar-refractivity contribution in [3.63, 3.8) is 0 Å². The van der Waals surface area contributed by atoms with Gasteiger partial charge in [0, 0.05) is 37.7 Å². The first-order chi connectivity index (χ1) is 11.8. The number of benzene rings is 1. The molecule has 1 aliphatic heterocycles. The first-order valence-corrected chi connectivity index (χ1v) is 9.44. The van der Waals surface area contributed by atoms with E-state index in [1.165, 1.54) is 36.2 Å². The monoisotopic (exact) mass is 344 g/mol. The van der Waals surface area contributed by atoms with E-state index in [4.69, 9.17) is 16.7 Å². The third-order valence-corrected chi connectivity index (χ3v) is 5.30. The molecule has 2 aromatic rings. The summed E-state index contributed by atoms with van der Waals surface area (Å²) in [5.41, 5.74) is 4.93. The van der Waals surface area contributed by atoms with E-state index in [9.17, 15) is 0 Å². The summed E-state index contributed by atoms with van der Waals surface area (Å²) in [6.45, 7) is 6.39. The van der Waals surface area contributed by atoms with Gasteiger partial charge >= 0.3 is 0 Å². The Balaban J connectivity index is 1.69. The fourth-order valence-corrected chi connectivity index (χ4v) is 3.76. The highest BCUT2D eigenvalue weighted by atomic mass is 35.5. The molecule has 1 aliphatic carbocycles. The van der Waals surface area contributed by atoms with E-state index in [1.54, 1.807) is 0 Å². The molecular formula is C19H25ClN4. The third-order valence-electron chi connectivity index (χ3n) is 4.98. The van der Waals surface area contributed by atoms with Crippen LogP contribution in [0.25, 0.3) is 5.69 Å². The molecule has 0 amide bonds. The molecule has 0 atom stereocenters. The number of halogens is 1. The lowest BCUT2D eigenvalue weighted by Crippen LogP contribution is -2.32. The van der Waals surface area contributed by atoms with Crippen LogP contribution < -0.4 is 5.32 Å². The van der Waals surface area contributed by atoms with Crippen molar-refractivity contribution < 1.29 is 0 Å². The Kier molecular flexibility index (Phi) is 4.61. The number of fused-ring (bicyclic) bond motifs is 1. The molecule has 0 radical (unpaired) electrons. The minimum absolute atomic E-state index is 0.696. The lowest BCUT2D eigenvalue weighted by molar-refractivity contribution is 0.252. The van der Waals surface area contributed by atoms with Gasteiger partial charge in [0.2, 0.25) is 0 Å². The number of aromatic nitrogens is 2. The predicted molar refractivity (Wildman–Crippen MR) is 97.7 cm³/mol. The van der Waals surface area contributed by atoms with Crippen molar-refractivity contribution >= 4 is 11.6 Å². The summed E-state index contributed by atoms with van der Waals surface area (Å²) in [4.78, 5) is 2.54. The zero-order valence-corrected chi connectivity index (χ0v) is 15.0. The molecule has 5 heteroatoms. The van der Waals surface area contributed by atoms with Gasteiger partial charge in [-0.15, -0.1) is 0 Å². The summed E-state index contributed by atoms with van der Waals surface area (Å²) >= 11 is 6.44. The van der Waals surface area contributed by atoms with Gasteiger partial charge in [-0.05, 0) is 37.9 Å². The van der Waals surface area contributed by atoms with Gasteiger partial charge in [0.15, 0.2) is 0 Å². The quantitative estimate of drug-likeness (QED) is 0.870. The number of rotatable bonds is 6. The molecule has 24 heavy (non-hydrogen) atoms. The Hall–Kier alpha value is -1.36. The normalized spacial score (nSPS) is 17.9. The number of para-hydroxylation sites is 1. The molecular weight excluding hydrogens is 320 g/mol. The Morgan fingerprint density at radius 3 is 2.88 bits per heavy atom. The van der Waals surface area contributed by atoms with Gasteiger partial charge in [0.1, 0.15) is 0 Å². The number of nitrogens with zero attached hydrogens (tertiary/aromatic N) is 3. The van der Waals surface area contributed by atoms with E-state index < -0.39 is 0 Å². The average Bonchev–Trinajstić information content (AvgIpc) is 3.35. The van der Waals surface area contributed by atoms with Crippen molar-refractivity contribution in [2.24, 2.45) is 0 Å². The van der Waals surface area contributed by atoms with E-state index >= 15 is 0 Å². The average molecular weight is 345 g/mol. The van der Waals surface area contributed by atoms with Crippen molar-refractivity contribution in [1.29, 1.82) is 0 Å². The first kappa shape index (κ1) is 16.1. The molecule has 1 fully saturated rings. The summed E-state index contributed by atoms with van der Waals surface area (Å²) in [6, 6.07) is 8.71. The van der Waals surface area contributed by atoms with Crippen LogP contribution in [0, 0.1) is 0 Å². The van der Waals surface area contributed by atoms with Crippen LogP contribution in [-0.4, -0.2) is 33.8 Å². The van der Waals surface area contributed by atoms with Gasteiger partial charge in [0.25, 0.3) is 0 Å². The highest BCUT2D eigenvalue weighted by molar-refractivity contribution is 6.32. The lowest BCUT2D eigenvalue weighted by atomic mass is 10.0. The van der Waals surface area contributed by atoms with E-state index in [2.05, 4.69) is 27.9 Å². The Bertz CT molecular complexity index is 720. The predicted octanol–water partition coefficient (Wildman–Crippen LogP) is 3.55. The minimum atomic E-state index is 0.696. The van der Waals surface area contributed by atoms with Crippen LogP contribution in [0.15, 0.2) is 24.3 Å². The first-order valence-electron chi connectivity index (χ1n) is 9.06. The zero-order valence-electron chi connectivity index (χ0n) is 14.3. The standard InChI is InChI=1S/C19H25ClN4/c1-2-10-23-11-9-18-15(13-23)17(12-21-14-7-8-14)22-24(18)19-6-4-3-5-16(19)20/h3-6,14,21H,2,7-13H2,1H3. The third kappa shape index (κ3) is 3.23. The second-order valence-corrected chi connectivity index (χ2v) is 7.32. The van der Waals surface area contributed by atoms with Crippen LogP contribution in [0.4, 0.5) is 0 Å². The van der Waals surface area contributed by atoms with Crippen LogP contribution in [0.1, 0.15) is 43.1 Å². The van der Waals surface area contributed by atoms with E-state index in [0.717, 1.165) is 43.3 Å². The Labute approximate surface area is 148 Å². The van der Waals surface area contributed by atoms with Gasteiger partial charge in [-0.2, -0.15) is 5.10 Å². The van der Waals surface area contributed by atoms with Gasteiger partial charge in [-0.3, -0.25) is 4.90 Å². The second-order valence-electron chi connectivity index (χ2n) is 6.92. The SMILES string of the molecule is CCCN1CCc2c(c(CNC3CC3)nn2-c2ccccc2Cl)C1. The minimum Gasteiger partial charge on any atom is -0.308 e. The maximum atomic E-state index is 6.44. The van der Waals surface area contributed by atoms with E-state index in [1.807, 2.05) is 18.2 Å². The largest absolute Gasteiger partial charge is 0.308 e. The van der Waals surface area contributed by atoms with Crippen LogP contribution in [0.2, 0.25) is 5.02 Å². The van der Waals surface area contributed by atoms with Crippen molar-refractivity contribution in [3.05, 3.63) is 46.2 Å². The molecule has 128 valence electrons. The molecule has 1 saturated carbocycles. The highest BCUT2D eigenvalue weighted by Gasteiger charge is 2.27. The molecule has 0 bridgehead atoms. The van der Waals surface area contributed by atoms with Gasteiger partial charge in [-0.1, -0.05) is 30.7 Å². The smallest absolute Gasteiger partial charge is 0.0835 e. The summed E-state index contributed by atoms with van der Waals surface area (Å²) < 4.78 is 2.09. The summed E-state index contributed by atoms with van der Waals surface area (Å²) in [7, 11) is 0. The van der Waals surface area contributed by atoms with Gasteiger partial charge in [0.05, 0.1) is 22.1 Å². The van der Waals surface area contributed by atoms with Gasteiger partial charge < -0.3 is 5.32 Å². The molecule has 2 aliphatic rings. The summed E-state index contributed by atoms with van der Waals surface area (Å²) in [5.74, 6) is 0. The van der Waals surface area contributed by atoms with Crippen LogP contribution >= 0.6 is 11.6 Å². The molecule has 4 rings (SSSR count). The molecule has 1 aromatic heterocycles. The number of hydrogen-bond donors (Lipinski definition) is 1. The fraction of sp³-hybridized carbons (Fsp3) is 0.526. The van der Waals surface area contributed by atoms with Gasteiger partial charge in [-0.25, -0.2) is 4.68 Å². The molecule has 1 aromatic carbocycles. The van der Waals surface area contributed by atoms with Crippen LogP contribution in [0.5, 0.6) is 0 Å². The van der Waals surface area contributed by atoms with Crippen molar-refractivity contribution in [3.8, 4) is 5.69 Å². The topological polar surface area (TPSA) is 33.1 Å². The van der Waals surface area contributed by atoms with Crippen molar-refractivity contribution in [1.82, 2.24) is 20.0 Å². The molecule has 4 nitrogen and oxygen atoms in total. The van der Waals surface area contributed by atoms with Crippen LogP contribution in [0.3, 0.4) is 0 Å². The molecule has 0 saturated heterocycles. The number of nitrogens with one attached hydrogen (secondary N) is 1. The molecule has 0 unspecified atom stereocenters. The lowest BCUT2D eigenvalue weighted by Gasteiger charge is -2.27. The maximum absolute atomic E-state index is 6.44. The number of hydrogen-bond acceptors (Lipinski definition) is 3. The summed E-state index contributed by atoms with van der Waals surface area (Å²) in [5, 5.41) is 9.35. The highest BCUT2D eigenvalue weighted by Crippen LogP contribution is 2.29. The van der Waals surface area contributed by atoms with Crippen LogP contribution in [-0.2, 0) is 19.5 Å².